The fraction of sp³-hybridized carbons (Fsp3) is 0.421. The summed E-state index contributed by atoms with van der Waals surface area (Å²) < 4.78 is 45.1. The minimum Gasteiger partial charge on any atom is -0.476 e. The smallest absolute Gasteiger partial charge is 0.451 e. The number of aromatic carboxylic acids is 1. The van der Waals surface area contributed by atoms with Crippen molar-refractivity contribution in [2.24, 2.45) is 0 Å². The molecule has 2 N–H and O–H groups in total. The number of halogens is 3. The lowest BCUT2D eigenvalue weighted by Crippen LogP contribution is -2.30. The van der Waals surface area contributed by atoms with Gasteiger partial charge in [-0.15, -0.1) is 0 Å². The van der Waals surface area contributed by atoms with E-state index in [2.05, 4.69) is 15.3 Å². The molecule has 28 heavy (non-hydrogen) atoms. The van der Waals surface area contributed by atoms with Gasteiger partial charge in [0.05, 0.1) is 12.2 Å². The summed E-state index contributed by atoms with van der Waals surface area (Å²) in [6.07, 6.45) is -2.60. The highest BCUT2D eigenvalue weighted by Gasteiger charge is 2.37. The topological polar surface area (TPSA) is 84.3 Å². The predicted octanol–water partition coefficient (Wildman–Crippen LogP) is 4.22. The number of carboxylic acids is 1. The standard InChI is InChI=1S/C19H20F3N3O3/c1-11-15(17(26)27)24-18(19(20,21)22)25-16(11)23-10-13-8-5-9-14(28-13)12-6-3-2-4-7-12/h2-4,6-7,13-14H,5,8-10H2,1H3,(H,26,27)(H,23,24,25)/t13-,14+/m1/s1. The summed E-state index contributed by atoms with van der Waals surface area (Å²) in [7, 11) is 0. The van der Waals surface area contributed by atoms with E-state index in [0.29, 0.717) is 0 Å². The molecule has 0 unspecified atom stereocenters. The number of carbonyl (C=O) groups is 1. The first-order valence-electron chi connectivity index (χ1n) is 8.89. The first-order valence-corrected chi connectivity index (χ1v) is 8.89. The van der Waals surface area contributed by atoms with Crippen molar-refractivity contribution in [1.29, 1.82) is 0 Å². The number of ether oxygens (including phenoxy) is 1. The normalized spacial score (nSPS) is 20.0. The Morgan fingerprint density at radius 2 is 1.96 bits per heavy atom. The van der Waals surface area contributed by atoms with Crippen LogP contribution in [-0.2, 0) is 10.9 Å². The van der Waals surface area contributed by atoms with Gasteiger partial charge in [-0.1, -0.05) is 30.3 Å². The molecule has 0 radical (unpaired) electrons. The van der Waals surface area contributed by atoms with Gasteiger partial charge in [0.2, 0.25) is 5.82 Å². The molecule has 1 aliphatic rings. The zero-order valence-electron chi connectivity index (χ0n) is 15.2. The lowest BCUT2D eigenvalue weighted by molar-refractivity contribution is -0.144. The van der Waals surface area contributed by atoms with Gasteiger partial charge in [0.25, 0.3) is 0 Å². The second-order valence-electron chi connectivity index (χ2n) is 6.64. The molecule has 9 heteroatoms. The molecule has 1 aromatic heterocycles. The second-order valence-corrected chi connectivity index (χ2v) is 6.64. The summed E-state index contributed by atoms with van der Waals surface area (Å²) in [5.74, 6) is -3.17. The van der Waals surface area contributed by atoms with Crippen molar-refractivity contribution < 1.29 is 27.8 Å². The third-order valence-corrected chi connectivity index (χ3v) is 4.62. The highest BCUT2D eigenvalue weighted by Crippen LogP contribution is 2.32. The molecule has 1 saturated heterocycles. The predicted molar refractivity (Wildman–Crippen MR) is 95.1 cm³/mol. The quantitative estimate of drug-likeness (QED) is 0.789. The lowest BCUT2D eigenvalue weighted by Gasteiger charge is -2.31. The van der Waals surface area contributed by atoms with E-state index < -0.39 is 23.7 Å². The van der Waals surface area contributed by atoms with Gasteiger partial charge < -0.3 is 15.2 Å². The highest BCUT2D eigenvalue weighted by atomic mass is 19.4. The number of hydrogen-bond donors (Lipinski definition) is 2. The van der Waals surface area contributed by atoms with Crippen LogP contribution < -0.4 is 5.32 Å². The largest absolute Gasteiger partial charge is 0.476 e. The molecular weight excluding hydrogens is 375 g/mol. The van der Waals surface area contributed by atoms with Crippen molar-refractivity contribution in [3.05, 3.63) is 53.0 Å². The van der Waals surface area contributed by atoms with Gasteiger partial charge in [0.15, 0.2) is 5.69 Å². The SMILES string of the molecule is Cc1c(NC[C@H]2CCC[C@@H](c3ccccc3)O2)nc(C(F)(F)F)nc1C(=O)O. The summed E-state index contributed by atoms with van der Waals surface area (Å²) in [4.78, 5) is 17.9. The Kier molecular flexibility index (Phi) is 5.83. The molecular formula is C19H20F3N3O3. The number of nitrogens with zero attached hydrogens (tertiary/aromatic N) is 2. The molecule has 2 atom stereocenters. The minimum absolute atomic E-state index is 0.0518. The van der Waals surface area contributed by atoms with Crippen LogP contribution in [0.5, 0.6) is 0 Å². The maximum Gasteiger partial charge on any atom is 0.451 e. The van der Waals surface area contributed by atoms with E-state index >= 15 is 0 Å². The van der Waals surface area contributed by atoms with Crippen LogP contribution in [0.3, 0.4) is 0 Å². The van der Waals surface area contributed by atoms with Crippen molar-refractivity contribution in [1.82, 2.24) is 9.97 Å². The summed E-state index contributed by atoms with van der Waals surface area (Å²) in [5, 5.41) is 12.0. The van der Waals surface area contributed by atoms with Crippen molar-refractivity contribution in [3.8, 4) is 0 Å². The average molecular weight is 395 g/mol. The van der Waals surface area contributed by atoms with E-state index in [4.69, 9.17) is 9.84 Å². The molecule has 2 heterocycles. The molecule has 1 fully saturated rings. The van der Waals surface area contributed by atoms with Gasteiger partial charge >= 0.3 is 12.1 Å². The van der Waals surface area contributed by atoms with Gasteiger partial charge in [-0.2, -0.15) is 13.2 Å². The maximum atomic E-state index is 13.0. The van der Waals surface area contributed by atoms with E-state index in [9.17, 15) is 18.0 Å². The zero-order valence-corrected chi connectivity index (χ0v) is 15.2. The first kappa shape index (κ1) is 20.1. The third kappa shape index (κ3) is 4.59. The van der Waals surface area contributed by atoms with Crippen LogP contribution in [0.4, 0.5) is 19.0 Å². The van der Waals surface area contributed by atoms with Crippen LogP contribution in [0.2, 0.25) is 0 Å². The summed E-state index contributed by atoms with van der Waals surface area (Å²) in [6, 6.07) is 9.73. The van der Waals surface area contributed by atoms with Crippen molar-refractivity contribution >= 4 is 11.8 Å². The Balaban J connectivity index is 1.75. The van der Waals surface area contributed by atoms with E-state index in [1.54, 1.807) is 0 Å². The average Bonchev–Trinajstić information content (AvgIpc) is 2.67. The Bertz CT molecular complexity index is 844. The van der Waals surface area contributed by atoms with Gasteiger partial charge in [-0.25, -0.2) is 14.8 Å². The number of alkyl halides is 3. The number of nitrogens with one attached hydrogen (secondary N) is 1. The lowest BCUT2D eigenvalue weighted by atomic mass is 9.98. The van der Waals surface area contributed by atoms with Crippen molar-refractivity contribution in [3.63, 3.8) is 0 Å². The van der Waals surface area contributed by atoms with E-state index in [-0.39, 0.29) is 30.1 Å². The Hall–Kier alpha value is -2.68. The number of anilines is 1. The van der Waals surface area contributed by atoms with Crippen LogP contribution in [0, 0.1) is 6.92 Å². The van der Waals surface area contributed by atoms with Gasteiger partial charge in [0.1, 0.15) is 5.82 Å². The molecule has 0 spiro atoms. The maximum absolute atomic E-state index is 13.0. The van der Waals surface area contributed by atoms with Crippen LogP contribution in [0.15, 0.2) is 30.3 Å². The molecule has 0 amide bonds. The second kappa shape index (κ2) is 8.14. The zero-order chi connectivity index (χ0) is 20.3. The van der Waals surface area contributed by atoms with Gasteiger partial charge in [-0.3, -0.25) is 0 Å². The highest BCUT2D eigenvalue weighted by molar-refractivity contribution is 5.88. The number of benzene rings is 1. The van der Waals surface area contributed by atoms with E-state index in [0.717, 1.165) is 24.8 Å². The minimum atomic E-state index is -4.84. The molecule has 0 aliphatic carbocycles. The van der Waals surface area contributed by atoms with E-state index in [1.807, 2.05) is 30.3 Å². The molecule has 3 rings (SSSR count). The third-order valence-electron chi connectivity index (χ3n) is 4.62. The van der Waals surface area contributed by atoms with Crippen molar-refractivity contribution in [2.45, 2.75) is 44.6 Å². The van der Waals surface area contributed by atoms with Crippen molar-refractivity contribution in [2.75, 3.05) is 11.9 Å². The fourth-order valence-electron chi connectivity index (χ4n) is 3.20. The molecule has 0 saturated carbocycles. The van der Waals surface area contributed by atoms with Crippen LogP contribution >= 0.6 is 0 Å². The van der Waals surface area contributed by atoms with E-state index in [1.165, 1.54) is 6.92 Å². The molecule has 6 nitrogen and oxygen atoms in total. The number of carboxylic acid groups (broad SMARTS) is 1. The first-order chi connectivity index (χ1) is 13.3. The molecule has 0 bridgehead atoms. The summed E-state index contributed by atoms with van der Waals surface area (Å²) >= 11 is 0. The van der Waals surface area contributed by atoms with Gasteiger partial charge in [-0.05, 0) is 31.7 Å². The molecule has 1 aromatic carbocycles. The molecule has 1 aliphatic heterocycles. The van der Waals surface area contributed by atoms with Gasteiger partial charge in [0, 0.05) is 12.1 Å². The monoisotopic (exact) mass is 395 g/mol. The summed E-state index contributed by atoms with van der Waals surface area (Å²) in [6.45, 7) is 1.60. The number of rotatable bonds is 5. The van der Waals surface area contributed by atoms with Crippen LogP contribution in [0.1, 0.15) is 52.8 Å². The van der Waals surface area contributed by atoms with Crippen LogP contribution in [-0.4, -0.2) is 33.7 Å². The Labute approximate surface area is 159 Å². The number of hydrogen-bond acceptors (Lipinski definition) is 5. The molecule has 2 aromatic rings. The summed E-state index contributed by atoms with van der Waals surface area (Å²) in [5.41, 5.74) is 0.436. The molecule has 150 valence electrons. The Morgan fingerprint density at radius 3 is 2.61 bits per heavy atom. The number of aromatic nitrogens is 2. The van der Waals surface area contributed by atoms with Crippen LogP contribution in [0.25, 0.3) is 0 Å². The Morgan fingerprint density at radius 1 is 1.25 bits per heavy atom. The fourth-order valence-corrected chi connectivity index (χ4v) is 3.20.